The van der Waals surface area contributed by atoms with Gasteiger partial charge >= 0.3 is 0 Å². The minimum absolute atomic E-state index is 0.185. The van der Waals surface area contributed by atoms with Gasteiger partial charge in [0.05, 0.1) is 4.47 Å². The second-order valence-electron chi connectivity index (χ2n) is 6.85. The third kappa shape index (κ3) is 4.42. The molecule has 1 aromatic heterocycles. The molecule has 0 atom stereocenters. The molecule has 4 nitrogen and oxygen atoms in total. The lowest BCUT2D eigenvalue weighted by molar-refractivity contribution is 0.304. The summed E-state index contributed by atoms with van der Waals surface area (Å²) in [6.07, 6.45) is 1.69. The third-order valence-corrected chi connectivity index (χ3v) is 5.45. The minimum atomic E-state index is -0.284. The van der Waals surface area contributed by atoms with Crippen molar-refractivity contribution in [3.63, 3.8) is 0 Å². The van der Waals surface area contributed by atoms with Crippen LogP contribution in [0.1, 0.15) is 11.1 Å². The van der Waals surface area contributed by atoms with Crippen LogP contribution in [-0.2, 0) is 6.61 Å². The summed E-state index contributed by atoms with van der Waals surface area (Å²) in [5.74, 6) is 0.535. The molecule has 152 valence electrons. The molecule has 0 radical (unpaired) electrons. The summed E-state index contributed by atoms with van der Waals surface area (Å²) in [5.41, 5.74) is 10.5. The lowest BCUT2D eigenvalue weighted by atomic mass is 9.92. The third-order valence-electron chi connectivity index (χ3n) is 4.83. The second kappa shape index (κ2) is 8.99. The summed E-state index contributed by atoms with van der Waals surface area (Å²) in [4.78, 5) is 4.21. The molecule has 0 unspecified atom stereocenters. The number of rotatable bonds is 5. The zero-order chi connectivity index (χ0) is 21.8. The van der Waals surface area contributed by atoms with E-state index in [0.717, 1.165) is 26.7 Å². The van der Waals surface area contributed by atoms with Crippen molar-refractivity contribution >= 4 is 21.7 Å². The Kier molecular flexibility index (Phi) is 5.96. The lowest BCUT2D eigenvalue weighted by Gasteiger charge is -2.15. The van der Waals surface area contributed by atoms with E-state index in [1.165, 1.54) is 12.1 Å². The van der Waals surface area contributed by atoms with Gasteiger partial charge in [0, 0.05) is 17.3 Å². The van der Waals surface area contributed by atoms with Crippen molar-refractivity contribution < 1.29 is 9.13 Å². The van der Waals surface area contributed by atoms with Crippen LogP contribution in [0, 0.1) is 17.1 Å². The van der Waals surface area contributed by atoms with Crippen LogP contribution in [0.25, 0.3) is 22.3 Å². The van der Waals surface area contributed by atoms with Crippen LogP contribution in [0.2, 0.25) is 0 Å². The Morgan fingerprint density at radius 1 is 1.00 bits per heavy atom. The van der Waals surface area contributed by atoms with Gasteiger partial charge in [-0.05, 0) is 56.9 Å². The highest BCUT2D eigenvalue weighted by atomic mass is 79.9. The first-order chi connectivity index (χ1) is 15.1. The monoisotopic (exact) mass is 473 g/mol. The number of nitrogens with two attached hydrogens (primary N) is 1. The van der Waals surface area contributed by atoms with E-state index in [0.29, 0.717) is 23.5 Å². The van der Waals surface area contributed by atoms with E-state index in [4.69, 9.17) is 10.5 Å². The Morgan fingerprint density at radius 3 is 2.42 bits per heavy atom. The van der Waals surface area contributed by atoms with Crippen molar-refractivity contribution in [3.8, 4) is 34.1 Å². The molecule has 0 aliphatic rings. The predicted octanol–water partition coefficient (Wildman–Crippen LogP) is 6.35. The number of hydrogen-bond donors (Lipinski definition) is 1. The summed E-state index contributed by atoms with van der Waals surface area (Å²) >= 11 is 3.56. The molecule has 0 aliphatic carbocycles. The topological polar surface area (TPSA) is 71.9 Å². The maximum Gasteiger partial charge on any atom is 0.141 e. The van der Waals surface area contributed by atoms with Crippen molar-refractivity contribution in [3.05, 3.63) is 100 Å². The Labute approximate surface area is 187 Å². The lowest BCUT2D eigenvalue weighted by Crippen LogP contribution is -2.00. The van der Waals surface area contributed by atoms with Crippen LogP contribution in [-0.4, -0.2) is 4.98 Å². The number of halogens is 2. The van der Waals surface area contributed by atoms with E-state index in [2.05, 4.69) is 27.0 Å². The molecule has 0 aliphatic heterocycles. The molecule has 31 heavy (non-hydrogen) atoms. The maximum absolute atomic E-state index is 13.1. The predicted molar refractivity (Wildman–Crippen MR) is 123 cm³/mol. The van der Waals surface area contributed by atoms with Crippen molar-refractivity contribution in [2.75, 3.05) is 5.73 Å². The highest BCUT2D eigenvalue weighted by molar-refractivity contribution is 9.10. The summed E-state index contributed by atoms with van der Waals surface area (Å²) in [6.45, 7) is 0.305. The molecule has 6 heteroatoms. The van der Waals surface area contributed by atoms with Crippen molar-refractivity contribution in [2.24, 2.45) is 0 Å². The number of ether oxygens (including phenoxy) is 1. The first kappa shape index (κ1) is 20.6. The number of benzene rings is 3. The van der Waals surface area contributed by atoms with Gasteiger partial charge in [-0.15, -0.1) is 0 Å². The van der Waals surface area contributed by atoms with E-state index in [-0.39, 0.29) is 11.6 Å². The Morgan fingerprint density at radius 2 is 1.74 bits per heavy atom. The molecule has 4 aromatic rings. The number of anilines is 1. The van der Waals surface area contributed by atoms with Crippen LogP contribution in [0.5, 0.6) is 5.75 Å². The maximum atomic E-state index is 13.1. The average Bonchev–Trinajstić information content (AvgIpc) is 2.79. The minimum Gasteiger partial charge on any atom is -0.488 e. The van der Waals surface area contributed by atoms with Gasteiger partial charge in [0.15, 0.2) is 0 Å². The first-order valence-corrected chi connectivity index (χ1v) is 10.3. The molecule has 2 N–H and O–H groups in total. The summed E-state index contributed by atoms with van der Waals surface area (Å²) < 4.78 is 19.7. The average molecular weight is 474 g/mol. The summed E-state index contributed by atoms with van der Waals surface area (Å²) in [6, 6.07) is 23.7. The number of aromatic nitrogens is 1. The molecule has 0 saturated carbocycles. The largest absolute Gasteiger partial charge is 0.488 e. The van der Waals surface area contributed by atoms with Gasteiger partial charge in [-0.2, -0.15) is 5.26 Å². The molecule has 4 rings (SSSR count). The summed E-state index contributed by atoms with van der Waals surface area (Å²) in [7, 11) is 0. The summed E-state index contributed by atoms with van der Waals surface area (Å²) in [5, 5.41) is 9.75. The van der Waals surface area contributed by atoms with E-state index in [1.54, 1.807) is 18.3 Å². The van der Waals surface area contributed by atoms with Gasteiger partial charge in [0.1, 0.15) is 35.6 Å². The smallest absolute Gasteiger partial charge is 0.141 e. The second-order valence-corrected chi connectivity index (χ2v) is 7.70. The van der Waals surface area contributed by atoms with Crippen LogP contribution in [0.15, 0.2) is 83.5 Å². The SMILES string of the molecule is N#Cc1c(N)ncc(-c2ccccc2)c1-c1ccc(OCc2ccc(F)cc2)c(Br)c1. The fraction of sp³-hybridized carbons (Fsp3) is 0.0400. The molecular weight excluding hydrogens is 457 g/mol. The van der Waals surface area contributed by atoms with E-state index in [1.807, 2.05) is 48.5 Å². The van der Waals surface area contributed by atoms with Crippen LogP contribution in [0.3, 0.4) is 0 Å². The highest BCUT2D eigenvalue weighted by Gasteiger charge is 2.17. The van der Waals surface area contributed by atoms with Crippen molar-refractivity contribution in [2.45, 2.75) is 6.61 Å². The fourth-order valence-corrected chi connectivity index (χ4v) is 3.78. The number of pyridine rings is 1. The van der Waals surface area contributed by atoms with Gasteiger partial charge < -0.3 is 10.5 Å². The standard InChI is InChI=1S/C25H17BrFN3O/c26-22-12-18(8-11-23(22)31-15-16-6-9-19(27)10-7-16)24-20(13-28)25(29)30-14-21(24)17-4-2-1-3-5-17/h1-12,14H,15H2,(H2,29,30). The Balaban J connectivity index is 1.71. The Bertz CT molecular complexity index is 1270. The first-order valence-electron chi connectivity index (χ1n) is 9.48. The molecule has 0 spiro atoms. The molecule has 1 heterocycles. The normalized spacial score (nSPS) is 10.5. The van der Waals surface area contributed by atoms with E-state index in [9.17, 15) is 9.65 Å². The number of nitrogens with zero attached hydrogens (tertiary/aromatic N) is 2. The van der Waals surface area contributed by atoms with E-state index >= 15 is 0 Å². The van der Waals surface area contributed by atoms with Crippen molar-refractivity contribution in [1.82, 2.24) is 4.98 Å². The quantitative estimate of drug-likeness (QED) is 0.366. The zero-order valence-electron chi connectivity index (χ0n) is 16.3. The number of nitriles is 1. The fourth-order valence-electron chi connectivity index (χ4n) is 3.29. The molecule has 3 aromatic carbocycles. The Hall–Kier alpha value is -3.69. The molecular formula is C25H17BrFN3O. The van der Waals surface area contributed by atoms with Gasteiger partial charge in [0.25, 0.3) is 0 Å². The zero-order valence-corrected chi connectivity index (χ0v) is 17.9. The van der Waals surface area contributed by atoms with Gasteiger partial charge in [-0.1, -0.05) is 48.5 Å². The molecule has 0 bridgehead atoms. The van der Waals surface area contributed by atoms with E-state index < -0.39 is 0 Å². The van der Waals surface area contributed by atoms with Crippen LogP contribution < -0.4 is 10.5 Å². The molecule has 0 amide bonds. The van der Waals surface area contributed by atoms with Crippen molar-refractivity contribution in [1.29, 1.82) is 5.26 Å². The van der Waals surface area contributed by atoms with Crippen LogP contribution >= 0.6 is 15.9 Å². The van der Waals surface area contributed by atoms with Gasteiger partial charge in [0.2, 0.25) is 0 Å². The van der Waals surface area contributed by atoms with Gasteiger partial charge in [-0.3, -0.25) is 0 Å². The highest BCUT2D eigenvalue weighted by Crippen LogP contribution is 2.39. The molecule has 0 saturated heterocycles. The molecule has 0 fully saturated rings. The van der Waals surface area contributed by atoms with Gasteiger partial charge in [-0.25, -0.2) is 9.37 Å². The van der Waals surface area contributed by atoms with Crippen LogP contribution in [0.4, 0.5) is 10.2 Å². The number of nitrogen functional groups attached to an aromatic ring is 1. The number of hydrogen-bond acceptors (Lipinski definition) is 4.